The van der Waals surface area contributed by atoms with Crippen molar-refractivity contribution >= 4 is 11.9 Å². The number of hydrogen-bond acceptors (Lipinski definition) is 4. The summed E-state index contributed by atoms with van der Waals surface area (Å²) in [7, 11) is 0. The van der Waals surface area contributed by atoms with E-state index in [2.05, 4.69) is 4.74 Å². The topological polar surface area (TPSA) is 52.6 Å². The summed E-state index contributed by atoms with van der Waals surface area (Å²) in [6.07, 6.45) is 2.41. The molecule has 0 aromatic heterocycles. The molecule has 2 unspecified atom stereocenters. The zero-order valence-corrected chi connectivity index (χ0v) is 7.73. The van der Waals surface area contributed by atoms with Crippen molar-refractivity contribution < 1.29 is 19.1 Å². The molecule has 3 heterocycles. The lowest BCUT2D eigenvalue weighted by Crippen LogP contribution is -2.28. The summed E-state index contributed by atoms with van der Waals surface area (Å²) in [5, 5.41) is 0. The molecule has 2 bridgehead atoms. The highest BCUT2D eigenvalue weighted by atomic mass is 16.6. The lowest BCUT2D eigenvalue weighted by atomic mass is 9.80. The largest absolute Gasteiger partial charge is 0.393 e. The van der Waals surface area contributed by atoms with Gasteiger partial charge in [-0.3, -0.25) is 9.59 Å². The Morgan fingerprint density at radius 3 is 2.71 bits per heavy atom. The van der Waals surface area contributed by atoms with E-state index in [0.29, 0.717) is 0 Å². The molecule has 2 saturated heterocycles. The van der Waals surface area contributed by atoms with Crippen LogP contribution in [-0.4, -0.2) is 24.1 Å². The molecule has 0 amide bonds. The predicted octanol–water partition coefficient (Wildman–Crippen LogP) is 0.420. The molecule has 4 nitrogen and oxygen atoms in total. The Kier molecular flexibility index (Phi) is 1.43. The van der Waals surface area contributed by atoms with E-state index >= 15 is 0 Å². The molecule has 0 aromatic carbocycles. The first-order valence-electron chi connectivity index (χ1n) is 4.84. The summed E-state index contributed by atoms with van der Waals surface area (Å²) in [6.45, 7) is 2.02. The molecule has 3 aliphatic heterocycles. The first kappa shape index (κ1) is 8.17. The minimum atomic E-state index is -0.418. The van der Waals surface area contributed by atoms with Gasteiger partial charge in [-0.15, -0.1) is 0 Å². The Bertz CT molecular complexity index is 357. The van der Waals surface area contributed by atoms with Gasteiger partial charge in [0.15, 0.2) is 0 Å². The third kappa shape index (κ3) is 0.773. The van der Waals surface area contributed by atoms with Crippen molar-refractivity contribution in [3.8, 4) is 0 Å². The number of carbonyl (C=O) groups excluding carboxylic acids is 2. The molecular weight excluding hydrogens is 184 g/mol. The van der Waals surface area contributed by atoms with Crippen LogP contribution in [0.4, 0.5) is 0 Å². The number of esters is 2. The van der Waals surface area contributed by atoms with Crippen LogP contribution >= 0.6 is 0 Å². The van der Waals surface area contributed by atoms with Gasteiger partial charge in [-0.25, -0.2) is 0 Å². The highest BCUT2D eigenvalue weighted by molar-refractivity contribution is 5.98. The van der Waals surface area contributed by atoms with E-state index in [1.807, 2.05) is 13.0 Å². The molecule has 4 heteroatoms. The van der Waals surface area contributed by atoms with Gasteiger partial charge in [-0.2, -0.15) is 0 Å². The zero-order valence-electron chi connectivity index (χ0n) is 7.73. The van der Waals surface area contributed by atoms with Crippen molar-refractivity contribution in [2.24, 2.45) is 11.8 Å². The van der Waals surface area contributed by atoms with Crippen LogP contribution in [0, 0.1) is 11.8 Å². The fourth-order valence-corrected chi connectivity index (χ4v) is 2.60. The Hall–Kier alpha value is -1.16. The summed E-state index contributed by atoms with van der Waals surface area (Å²) in [4.78, 5) is 22.7. The molecule has 0 aliphatic carbocycles. The van der Waals surface area contributed by atoms with Crippen LogP contribution in [0.15, 0.2) is 11.6 Å². The van der Waals surface area contributed by atoms with Gasteiger partial charge in [0.25, 0.3) is 0 Å². The molecular formula is C10H10O4. The standard InChI is InChI=1S/C10H10O4/c1-2-4-3-5-6-7(8(4)13-5)10(12)14-9(6)11/h3,5-8H,2H2,1H3/t5-,6?,7?,8+/m1/s1. The summed E-state index contributed by atoms with van der Waals surface area (Å²) >= 11 is 0. The third-order valence-electron chi connectivity index (χ3n) is 3.27. The Balaban J connectivity index is 2.02. The number of hydrogen-bond donors (Lipinski definition) is 0. The third-order valence-corrected chi connectivity index (χ3v) is 3.27. The Labute approximate surface area is 80.9 Å². The van der Waals surface area contributed by atoms with Crippen LogP contribution in [0.5, 0.6) is 0 Å². The number of cyclic esters (lactones) is 2. The Morgan fingerprint density at radius 2 is 2.00 bits per heavy atom. The van der Waals surface area contributed by atoms with E-state index in [1.54, 1.807) is 0 Å². The van der Waals surface area contributed by atoms with E-state index < -0.39 is 11.9 Å². The van der Waals surface area contributed by atoms with Crippen molar-refractivity contribution in [3.05, 3.63) is 11.6 Å². The maximum atomic E-state index is 11.4. The second-order valence-corrected chi connectivity index (χ2v) is 3.91. The SMILES string of the molecule is CCC1=C[C@H]2O[C@@H]1C1C(=O)OC(=O)C12. The van der Waals surface area contributed by atoms with E-state index in [0.717, 1.165) is 12.0 Å². The lowest BCUT2D eigenvalue weighted by molar-refractivity contribution is -0.156. The average molecular weight is 194 g/mol. The van der Waals surface area contributed by atoms with Crippen molar-refractivity contribution in [1.29, 1.82) is 0 Å². The van der Waals surface area contributed by atoms with Gasteiger partial charge in [0.1, 0.15) is 11.8 Å². The lowest BCUT2D eigenvalue weighted by Gasteiger charge is -2.15. The predicted molar refractivity (Wildman–Crippen MR) is 45.1 cm³/mol. The van der Waals surface area contributed by atoms with Crippen molar-refractivity contribution in [2.75, 3.05) is 0 Å². The number of carbonyl (C=O) groups is 2. The fraction of sp³-hybridized carbons (Fsp3) is 0.600. The maximum Gasteiger partial charge on any atom is 0.320 e. The monoisotopic (exact) mass is 194 g/mol. The summed E-state index contributed by atoms with van der Waals surface area (Å²) in [5.41, 5.74) is 1.13. The number of rotatable bonds is 1. The number of ether oxygens (including phenoxy) is 2. The van der Waals surface area contributed by atoms with Crippen molar-refractivity contribution in [3.63, 3.8) is 0 Å². The molecule has 2 fully saturated rings. The fourth-order valence-electron chi connectivity index (χ4n) is 2.60. The van der Waals surface area contributed by atoms with Gasteiger partial charge in [-0.1, -0.05) is 13.0 Å². The molecule has 14 heavy (non-hydrogen) atoms. The summed E-state index contributed by atoms with van der Waals surface area (Å²) in [6, 6.07) is 0. The molecule has 0 aromatic rings. The average Bonchev–Trinajstić information content (AvgIpc) is 2.78. The zero-order chi connectivity index (χ0) is 9.87. The van der Waals surface area contributed by atoms with Crippen LogP contribution in [-0.2, 0) is 19.1 Å². The highest BCUT2D eigenvalue weighted by Crippen LogP contribution is 2.47. The number of fused-ring (bicyclic) bond motifs is 5. The molecule has 0 radical (unpaired) electrons. The molecule has 74 valence electrons. The Morgan fingerprint density at radius 1 is 1.29 bits per heavy atom. The quantitative estimate of drug-likeness (QED) is 0.345. The molecule has 3 rings (SSSR count). The molecule has 3 aliphatic rings. The second-order valence-electron chi connectivity index (χ2n) is 3.91. The van der Waals surface area contributed by atoms with Gasteiger partial charge >= 0.3 is 11.9 Å². The minimum Gasteiger partial charge on any atom is -0.393 e. The van der Waals surface area contributed by atoms with Crippen LogP contribution in [0.2, 0.25) is 0 Å². The normalized spacial score (nSPS) is 43.9. The first-order valence-corrected chi connectivity index (χ1v) is 4.84. The molecule has 0 saturated carbocycles. The summed E-state index contributed by atoms with van der Waals surface area (Å²) < 4.78 is 10.2. The first-order chi connectivity index (χ1) is 6.72. The van der Waals surface area contributed by atoms with Crippen LogP contribution in [0.3, 0.4) is 0 Å². The van der Waals surface area contributed by atoms with Crippen LogP contribution < -0.4 is 0 Å². The van der Waals surface area contributed by atoms with Crippen LogP contribution in [0.1, 0.15) is 13.3 Å². The highest BCUT2D eigenvalue weighted by Gasteiger charge is 2.61. The minimum absolute atomic E-state index is 0.200. The summed E-state index contributed by atoms with van der Waals surface area (Å²) in [5.74, 6) is -1.57. The van der Waals surface area contributed by atoms with Gasteiger partial charge in [-0.05, 0) is 12.0 Å². The van der Waals surface area contributed by atoms with Crippen molar-refractivity contribution in [2.45, 2.75) is 25.6 Å². The van der Waals surface area contributed by atoms with E-state index in [4.69, 9.17) is 4.74 Å². The van der Waals surface area contributed by atoms with Gasteiger partial charge < -0.3 is 9.47 Å². The van der Waals surface area contributed by atoms with Crippen LogP contribution in [0.25, 0.3) is 0 Å². The van der Waals surface area contributed by atoms with Gasteiger partial charge in [0.05, 0.1) is 12.2 Å². The second kappa shape index (κ2) is 2.45. The van der Waals surface area contributed by atoms with Crippen molar-refractivity contribution in [1.82, 2.24) is 0 Å². The molecule has 0 spiro atoms. The molecule has 0 N–H and O–H groups in total. The smallest absolute Gasteiger partial charge is 0.320 e. The van der Waals surface area contributed by atoms with Gasteiger partial charge in [0, 0.05) is 0 Å². The van der Waals surface area contributed by atoms with E-state index in [9.17, 15) is 9.59 Å². The maximum absolute atomic E-state index is 11.4. The van der Waals surface area contributed by atoms with Gasteiger partial charge in [0.2, 0.25) is 0 Å². The van der Waals surface area contributed by atoms with E-state index in [1.165, 1.54) is 0 Å². The van der Waals surface area contributed by atoms with E-state index in [-0.39, 0.29) is 24.0 Å². The molecule has 4 atom stereocenters.